The van der Waals surface area contributed by atoms with Crippen LogP contribution in [0.5, 0.6) is 11.5 Å². The van der Waals surface area contributed by atoms with E-state index >= 15 is 0 Å². The molecule has 11 heteroatoms. The fraction of sp³-hybridized carbons (Fsp3) is 0.429. The zero-order chi connectivity index (χ0) is 22.6. The summed E-state index contributed by atoms with van der Waals surface area (Å²) < 4.78 is 38.4. The van der Waals surface area contributed by atoms with Gasteiger partial charge in [0, 0.05) is 19.6 Å². The molecular formula is C21H26Cl4N2O4S. The van der Waals surface area contributed by atoms with Crippen LogP contribution in [0.2, 0.25) is 15.1 Å². The number of ether oxygens (including phenoxy) is 2. The van der Waals surface area contributed by atoms with Crippen LogP contribution in [0.4, 0.5) is 0 Å². The van der Waals surface area contributed by atoms with Gasteiger partial charge in [-0.2, -0.15) is 0 Å². The molecular weight excluding hydrogens is 518 g/mol. The van der Waals surface area contributed by atoms with Gasteiger partial charge in [-0.05, 0) is 61.2 Å². The molecule has 0 radical (unpaired) electrons. The van der Waals surface area contributed by atoms with Gasteiger partial charge in [0.05, 0.1) is 29.3 Å². The summed E-state index contributed by atoms with van der Waals surface area (Å²) in [6, 6.07) is 6.69. The summed E-state index contributed by atoms with van der Waals surface area (Å²) in [6.07, 6.45) is 2.51. The topological polar surface area (TPSA) is 67.9 Å². The number of hydrogen-bond donors (Lipinski definition) is 1. The van der Waals surface area contributed by atoms with Gasteiger partial charge in [-0.3, -0.25) is 4.90 Å². The maximum atomic E-state index is 12.5. The van der Waals surface area contributed by atoms with Crippen LogP contribution in [0.3, 0.4) is 0 Å². The molecule has 1 aliphatic heterocycles. The fourth-order valence-electron chi connectivity index (χ4n) is 3.59. The average molecular weight is 544 g/mol. The Bertz CT molecular complexity index is 1050. The Kier molecular flexibility index (Phi) is 10.2. The van der Waals surface area contributed by atoms with Gasteiger partial charge in [0.25, 0.3) is 0 Å². The zero-order valence-corrected chi connectivity index (χ0v) is 21.7. The van der Waals surface area contributed by atoms with Crippen molar-refractivity contribution in [1.29, 1.82) is 0 Å². The highest BCUT2D eigenvalue weighted by molar-refractivity contribution is 7.89. The Morgan fingerprint density at radius 3 is 2.22 bits per heavy atom. The van der Waals surface area contributed by atoms with Crippen LogP contribution in [0.1, 0.15) is 24.0 Å². The van der Waals surface area contributed by atoms with E-state index < -0.39 is 10.0 Å². The molecule has 6 nitrogen and oxygen atoms in total. The van der Waals surface area contributed by atoms with E-state index in [9.17, 15) is 8.42 Å². The maximum absolute atomic E-state index is 12.5. The third kappa shape index (κ3) is 6.56. The van der Waals surface area contributed by atoms with Crippen LogP contribution >= 0.6 is 47.2 Å². The van der Waals surface area contributed by atoms with Crippen LogP contribution in [-0.2, 0) is 23.0 Å². The first-order valence-corrected chi connectivity index (χ1v) is 12.5. The smallest absolute Gasteiger partial charge is 0.242 e. The van der Waals surface area contributed by atoms with Crippen molar-refractivity contribution in [3.63, 3.8) is 0 Å². The summed E-state index contributed by atoms with van der Waals surface area (Å²) in [4.78, 5) is 2.29. The van der Waals surface area contributed by atoms with Crippen molar-refractivity contribution in [2.75, 3.05) is 33.9 Å². The van der Waals surface area contributed by atoms with Gasteiger partial charge >= 0.3 is 0 Å². The second-order valence-electron chi connectivity index (χ2n) is 7.30. The highest BCUT2D eigenvalue weighted by Gasteiger charge is 2.21. The fourth-order valence-corrected chi connectivity index (χ4v) is 5.66. The molecule has 1 heterocycles. The molecule has 0 bridgehead atoms. The minimum absolute atomic E-state index is 0. The molecule has 0 aliphatic carbocycles. The van der Waals surface area contributed by atoms with E-state index in [2.05, 4.69) is 15.7 Å². The van der Waals surface area contributed by atoms with Crippen molar-refractivity contribution in [3.05, 3.63) is 50.5 Å². The summed E-state index contributed by atoms with van der Waals surface area (Å²) in [5, 5.41) is 0.400. The minimum Gasteiger partial charge on any atom is -0.493 e. The molecule has 0 amide bonds. The van der Waals surface area contributed by atoms with Gasteiger partial charge in [-0.25, -0.2) is 13.1 Å². The second kappa shape index (κ2) is 12.0. The third-order valence-electron chi connectivity index (χ3n) is 5.25. The monoisotopic (exact) mass is 542 g/mol. The van der Waals surface area contributed by atoms with Crippen LogP contribution in [0, 0.1) is 0 Å². The van der Waals surface area contributed by atoms with E-state index in [0.29, 0.717) is 13.0 Å². The van der Waals surface area contributed by atoms with Gasteiger partial charge in [0.1, 0.15) is 4.90 Å². The number of nitrogens with zero attached hydrogens (tertiary/aromatic N) is 1. The number of sulfonamides is 1. The number of halogens is 4. The predicted molar refractivity (Wildman–Crippen MR) is 132 cm³/mol. The van der Waals surface area contributed by atoms with E-state index in [1.807, 2.05) is 6.07 Å². The van der Waals surface area contributed by atoms with Gasteiger partial charge in [0.15, 0.2) is 11.5 Å². The van der Waals surface area contributed by atoms with Crippen molar-refractivity contribution in [2.45, 2.75) is 30.7 Å². The molecule has 2 aromatic rings. The lowest BCUT2D eigenvalue weighted by atomic mass is 9.98. The van der Waals surface area contributed by atoms with Gasteiger partial charge < -0.3 is 9.47 Å². The highest BCUT2D eigenvalue weighted by atomic mass is 35.5. The molecule has 0 unspecified atom stereocenters. The Labute approximate surface area is 210 Å². The first kappa shape index (κ1) is 27.3. The Balaban J connectivity index is 0.00000363. The highest BCUT2D eigenvalue weighted by Crippen LogP contribution is 2.33. The second-order valence-corrected chi connectivity index (χ2v) is 10.3. The van der Waals surface area contributed by atoms with E-state index in [4.69, 9.17) is 44.3 Å². The molecule has 1 N–H and O–H groups in total. The van der Waals surface area contributed by atoms with Crippen molar-refractivity contribution in [2.24, 2.45) is 0 Å². The third-order valence-corrected chi connectivity index (χ3v) is 7.90. The maximum Gasteiger partial charge on any atom is 0.242 e. The number of unbranched alkanes of at least 4 members (excludes halogenated alkanes) is 1. The average Bonchev–Trinajstić information content (AvgIpc) is 2.74. The lowest BCUT2D eigenvalue weighted by Crippen LogP contribution is -2.32. The van der Waals surface area contributed by atoms with E-state index in [1.165, 1.54) is 23.3 Å². The molecule has 1 aliphatic rings. The van der Waals surface area contributed by atoms with Gasteiger partial charge in [-0.15, -0.1) is 12.4 Å². The molecule has 0 spiro atoms. The van der Waals surface area contributed by atoms with Gasteiger partial charge in [-0.1, -0.05) is 34.8 Å². The Hall–Kier alpha value is -0.930. The van der Waals surface area contributed by atoms with Gasteiger partial charge in [0.2, 0.25) is 10.0 Å². The number of fused-ring (bicyclic) bond motifs is 1. The minimum atomic E-state index is -3.75. The van der Waals surface area contributed by atoms with Crippen LogP contribution in [-0.4, -0.2) is 47.2 Å². The van der Waals surface area contributed by atoms with Crippen molar-refractivity contribution in [3.8, 4) is 11.5 Å². The first-order valence-electron chi connectivity index (χ1n) is 9.85. The predicted octanol–water partition coefficient (Wildman–Crippen LogP) is 5.20. The van der Waals surface area contributed by atoms with Crippen molar-refractivity contribution >= 4 is 57.2 Å². The lowest BCUT2D eigenvalue weighted by molar-refractivity contribution is 0.248. The molecule has 0 aromatic heterocycles. The Morgan fingerprint density at radius 2 is 1.56 bits per heavy atom. The summed E-state index contributed by atoms with van der Waals surface area (Å²) in [5.74, 6) is 1.49. The lowest BCUT2D eigenvalue weighted by Gasteiger charge is -2.29. The summed E-state index contributed by atoms with van der Waals surface area (Å²) in [6.45, 7) is 2.98. The number of nitrogens with one attached hydrogen (secondary N) is 1. The number of rotatable bonds is 9. The SMILES string of the molecule is COc1cc2c(cc1OC)CN(CCCCNS(=O)(=O)c1cc(Cl)c(Cl)cc1Cl)CC2.Cl. The van der Waals surface area contributed by atoms with Crippen molar-refractivity contribution in [1.82, 2.24) is 9.62 Å². The standard InChI is InChI=1S/C21H25Cl3N2O4S.ClH/c1-29-19-9-14-5-8-26(13-15(14)10-20(19)30-2)7-4-3-6-25-31(27,28)21-12-17(23)16(22)11-18(21)24;/h9-12,25H,3-8,13H2,1-2H3;1H. The van der Waals surface area contributed by atoms with E-state index in [1.54, 1.807) is 14.2 Å². The van der Waals surface area contributed by atoms with Crippen LogP contribution in [0.15, 0.2) is 29.2 Å². The van der Waals surface area contributed by atoms with E-state index in [0.717, 1.165) is 44.0 Å². The largest absolute Gasteiger partial charge is 0.493 e. The molecule has 32 heavy (non-hydrogen) atoms. The zero-order valence-electron chi connectivity index (χ0n) is 17.8. The van der Waals surface area contributed by atoms with E-state index in [-0.39, 0.29) is 32.4 Å². The number of hydrogen-bond acceptors (Lipinski definition) is 5. The Morgan fingerprint density at radius 1 is 0.938 bits per heavy atom. The molecule has 3 rings (SSSR count). The molecule has 0 atom stereocenters. The molecule has 0 saturated carbocycles. The first-order chi connectivity index (χ1) is 14.7. The van der Waals surface area contributed by atoms with Crippen LogP contribution < -0.4 is 14.2 Å². The quantitative estimate of drug-likeness (QED) is 0.347. The summed E-state index contributed by atoms with van der Waals surface area (Å²) in [5.41, 5.74) is 2.51. The van der Waals surface area contributed by atoms with Crippen LogP contribution in [0.25, 0.3) is 0 Å². The summed E-state index contributed by atoms with van der Waals surface area (Å²) >= 11 is 17.8. The molecule has 0 saturated heterocycles. The number of benzene rings is 2. The number of methoxy groups -OCH3 is 2. The normalized spacial score (nSPS) is 13.9. The molecule has 2 aromatic carbocycles. The molecule has 178 valence electrons. The van der Waals surface area contributed by atoms with Crippen molar-refractivity contribution < 1.29 is 17.9 Å². The summed E-state index contributed by atoms with van der Waals surface area (Å²) in [7, 11) is -0.476. The molecule has 0 fully saturated rings.